The van der Waals surface area contributed by atoms with E-state index < -0.39 is 0 Å². The number of halogens is 2. The predicted octanol–water partition coefficient (Wildman–Crippen LogP) is 4.82. The third kappa shape index (κ3) is 4.83. The second kappa shape index (κ2) is 9.05. The SMILES string of the molecule is CN1CCN(CCCNc2ncc(Cl)c(-c3cc4ccc(Br)cc4s3)n2)CC1. The van der Waals surface area contributed by atoms with Crippen LogP contribution in [0.3, 0.4) is 0 Å². The van der Waals surface area contributed by atoms with Crippen molar-refractivity contribution >= 4 is 54.9 Å². The van der Waals surface area contributed by atoms with Crippen molar-refractivity contribution in [2.75, 3.05) is 51.6 Å². The number of fused-ring (bicyclic) bond motifs is 1. The van der Waals surface area contributed by atoms with Crippen molar-refractivity contribution in [2.45, 2.75) is 6.42 Å². The van der Waals surface area contributed by atoms with Crippen molar-refractivity contribution in [1.29, 1.82) is 0 Å². The van der Waals surface area contributed by atoms with Gasteiger partial charge in [0.05, 0.1) is 16.1 Å². The number of rotatable bonds is 6. The molecule has 2 aromatic heterocycles. The molecule has 0 spiro atoms. The Hall–Kier alpha value is -1.25. The Morgan fingerprint density at radius 2 is 2.04 bits per heavy atom. The third-order valence-corrected chi connectivity index (χ3v) is 6.86. The van der Waals surface area contributed by atoms with Gasteiger partial charge in [-0.25, -0.2) is 9.97 Å². The minimum absolute atomic E-state index is 0.577. The van der Waals surface area contributed by atoms with Crippen LogP contribution in [0.25, 0.3) is 20.7 Å². The summed E-state index contributed by atoms with van der Waals surface area (Å²) in [6.45, 7) is 6.57. The van der Waals surface area contributed by atoms with Crippen molar-refractivity contribution in [3.05, 3.63) is 40.0 Å². The van der Waals surface area contributed by atoms with Crippen LogP contribution in [0.2, 0.25) is 5.02 Å². The zero-order valence-electron chi connectivity index (χ0n) is 15.8. The van der Waals surface area contributed by atoms with Crippen molar-refractivity contribution in [3.8, 4) is 10.6 Å². The lowest BCUT2D eigenvalue weighted by molar-refractivity contribution is 0.154. The molecule has 0 unspecified atom stereocenters. The van der Waals surface area contributed by atoms with Gasteiger partial charge in [0.2, 0.25) is 5.95 Å². The first-order valence-corrected chi connectivity index (χ1v) is 11.4. The highest BCUT2D eigenvalue weighted by atomic mass is 79.9. The number of nitrogens with one attached hydrogen (secondary N) is 1. The van der Waals surface area contributed by atoms with Gasteiger partial charge in [-0.15, -0.1) is 11.3 Å². The van der Waals surface area contributed by atoms with Gasteiger partial charge in [-0.3, -0.25) is 0 Å². The lowest BCUT2D eigenvalue weighted by Crippen LogP contribution is -2.44. The molecule has 1 fully saturated rings. The Bertz CT molecular complexity index is 955. The quantitative estimate of drug-likeness (QED) is 0.512. The van der Waals surface area contributed by atoms with Crippen molar-refractivity contribution < 1.29 is 0 Å². The summed E-state index contributed by atoms with van der Waals surface area (Å²) in [5, 5.41) is 5.12. The summed E-state index contributed by atoms with van der Waals surface area (Å²) in [7, 11) is 2.18. The van der Waals surface area contributed by atoms with Crippen molar-refractivity contribution in [3.63, 3.8) is 0 Å². The average molecular weight is 481 g/mol. The van der Waals surface area contributed by atoms with Crippen molar-refractivity contribution in [2.24, 2.45) is 0 Å². The Morgan fingerprint density at radius 3 is 2.86 bits per heavy atom. The molecular formula is C20H23BrClN5S. The van der Waals surface area contributed by atoms with Crippen LogP contribution in [0.4, 0.5) is 5.95 Å². The number of thiophene rings is 1. The van der Waals surface area contributed by atoms with Crippen LogP contribution in [0.15, 0.2) is 34.9 Å². The fraction of sp³-hybridized carbons (Fsp3) is 0.400. The normalized spacial score (nSPS) is 16.0. The summed E-state index contributed by atoms with van der Waals surface area (Å²) in [5.74, 6) is 0.636. The fourth-order valence-corrected chi connectivity index (χ4v) is 5.19. The molecule has 0 saturated carbocycles. The summed E-state index contributed by atoms with van der Waals surface area (Å²) in [6, 6.07) is 8.41. The van der Waals surface area contributed by atoms with E-state index in [1.54, 1.807) is 17.5 Å². The number of nitrogens with zero attached hydrogens (tertiary/aromatic N) is 4. The van der Waals surface area contributed by atoms with E-state index in [9.17, 15) is 0 Å². The molecule has 1 saturated heterocycles. The second-order valence-corrected chi connectivity index (χ2v) is 9.51. The molecule has 28 heavy (non-hydrogen) atoms. The van der Waals surface area contributed by atoms with Crippen LogP contribution >= 0.6 is 38.9 Å². The molecule has 4 rings (SSSR count). The third-order valence-electron chi connectivity index (χ3n) is 4.99. The molecular weight excluding hydrogens is 458 g/mol. The maximum atomic E-state index is 6.40. The average Bonchev–Trinajstić information content (AvgIpc) is 3.10. The van der Waals surface area contributed by atoms with E-state index >= 15 is 0 Å². The van der Waals surface area contributed by atoms with Crippen LogP contribution in [-0.4, -0.2) is 66.1 Å². The molecule has 3 aromatic rings. The molecule has 1 aromatic carbocycles. The van der Waals surface area contributed by atoms with Crippen LogP contribution in [0, 0.1) is 0 Å². The maximum Gasteiger partial charge on any atom is 0.223 e. The number of hydrogen-bond donors (Lipinski definition) is 1. The minimum atomic E-state index is 0.577. The number of benzene rings is 1. The zero-order chi connectivity index (χ0) is 19.5. The van der Waals surface area contributed by atoms with Gasteiger partial charge in [-0.1, -0.05) is 33.6 Å². The Balaban J connectivity index is 1.39. The van der Waals surface area contributed by atoms with Crippen molar-refractivity contribution in [1.82, 2.24) is 19.8 Å². The summed E-state index contributed by atoms with van der Waals surface area (Å²) in [6.07, 6.45) is 2.76. The zero-order valence-corrected chi connectivity index (χ0v) is 18.9. The van der Waals surface area contributed by atoms with E-state index in [0.717, 1.165) is 60.7 Å². The summed E-state index contributed by atoms with van der Waals surface area (Å²) < 4.78 is 2.28. The number of likely N-dealkylation sites (N-methyl/N-ethyl adjacent to an activating group) is 1. The van der Waals surface area contributed by atoms with Gasteiger partial charge in [-0.05, 0) is 43.6 Å². The Kier molecular flexibility index (Phi) is 6.48. The molecule has 8 heteroatoms. The van der Waals surface area contributed by atoms with Gasteiger partial charge < -0.3 is 15.1 Å². The highest BCUT2D eigenvalue weighted by Crippen LogP contribution is 2.37. The molecule has 0 radical (unpaired) electrons. The topological polar surface area (TPSA) is 44.3 Å². The molecule has 148 valence electrons. The van der Waals surface area contributed by atoms with Gasteiger partial charge in [-0.2, -0.15) is 0 Å². The molecule has 1 aliphatic heterocycles. The lowest BCUT2D eigenvalue weighted by Gasteiger charge is -2.32. The number of hydrogen-bond acceptors (Lipinski definition) is 6. The summed E-state index contributed by atoms with van der Waals surface area (Å²) >= 11 is 11.6. The molecule has 3 heterocycles. The molecule has 0 aliphatic carbocycles. The first kappa shape index (κ1) is 20.0. The molecule has 0 bridgehead atoms. The fourth-order valence-electron chi connectivity index (χ4n) is 3.32. The van der Waals surface area contributed by atoms with E-state index in [1.807, 2.05) is 6.07 Å². The summed E-state index contributed by atoms with van der Waals surface area (Å²) in [4.78, 5) is 15.0. The molecule has 5 nitrogen and oxygen atoms in total. The monoisotopic (exact) mass is 479 g/mol. The van der Waals surface area contributed by atoms with Crippen LogP contribution in [-0.2, 0) is 0 Å². The van der Waals surface area contributed by atoms with E-state index in [1.165, 1.54) is 10.1 Å². The Morgan fingerprint density at radius 1 is 1.21 bits per heavy atom. The van der Waals surface area contributed by atoms with E-state index in [-0.39, 0.29) is 0 Å². The number of anilines is 1. The maximum absolute atomic E-state index is 6.40. The molecule has 0 atom stereocenters. The first-order valence-electron chi connectivity index (χ1n) is 9.45. The van der Waals surface area contributed by atoms with Crippen LogP contribution in [0.1, 0.15) is 6.42 Å². The van der Waals surface area contributed by atoms with Gasteiger partial charge in [0.1, 0.15) is 5.69 Å². The first-order chi connectivity index (χ1) is 13.6. The standard InChI is InChI=1S/C20H23BrClN5S/c1-26-7-9-27(10-8-26)6-2-5-23-20-24-13-16(22)19(25-20)18-11-14-3-4-15(21)12-17(14)28-18/h3-4,11-13H,2,5-10H2,1H3,(H,23,24,25). The smallest absolute Gasteiger partial charge is 0.223 e. The largest absolute Gasteiger partial charge is 0.354 e. The summed E-state index contributed by atoms with van der Waals surface area (Å²) in [5.41, 5.74) is 0.788. The highest BCUT2D eigenvalue weighted by Gasteiger charge is 2.14. The lowest BCUT2D eigenvalue weighted by atomic mass is 10.2. The van der Waals surface area contributed by atoms with Crippen LogP contribution in [0.5, 0.6) is 0 Å². The predicted molar refractivity (Wildman–Crippen MR) is 123 cm³/mol. The van der Waals surface area contributed by atoms with Gasteiger partial charge in [0, 0.05) is 41.9 Å². The number of aromatic nitrogens is 2. The molecule has 1 N–H and O–H groups in total. The van der Waals surface area contributed by atoms with Gasteiger partial charge >= 0.3 is 0 Å². The molecule has 0 amide bonds. The Labute approximate surface area is 182 Å². The van der Waals surface area contributed by atoms with E-state index in [0.29, 0.717) is 11.0 Å². The highest BCUT2D eigenvalue weighted by molar-refractivity contribution is 9.10. The minimum Gasteiger partial charge on any atom is -0.354 e. The van der Waals surface area contributed by atoms with E-state index in [4.69, 9.17) is 11.6 Å². The van der Waals surface area contributed by atoms with Gasteiger partial charge in [0.25, 0.3) is 0 Å². The second-order valence-electron chi connectivity index (χ2n) is 7.11. The van der Waals surface area contributed by atoms with E-state index in [2.05, 4.69) is 66.3 Å². The molecule has 1 aliphatic rings. The van der Waals surface area contributed by atoms with Crippen LogP contribution < -0.4 is 5.32 Å². The number of piperazine rings is 1. The van der Waals surface area contributed by atoms with Gasteiger partial charge in [0.15, 0.2) is 0 Å².